The normalized spacial score (nSPS) is 26.0. The van der Waals surface area contributed by atoms with E-state index in [1.165, 1.54) is 55.5 Å². The Hall–Kier alpha value is -1.59. The fourth-order valence-corrected chi connectivity index (χ4v) is 3.35. The highest BCUT2D eigenvalue weighted by atomic mass is 127. The lowest BCUT2D eigenvalue weighted by Gasteiger charge is -2.48. The van der Waals surface area contributed by atoms with E-state index in [1.807, 2.05) is 0 Å². The van der Waals surface area contributed by atoms with Gasteiger partial charge >= 0.3 is 12.2 Å². The van der Waals surface area contributed by atoms with Crippen LogP contribution in [-0.2, 0) is 15.0 Å². The fourth-order valence-electron chi connectivity index (χ4n) is 2.92. The van der Waals surface area contributed by atoms with Gasteiger partial charge in [-0.15, -0.1) is 0 Å². The second-order valence-corrected chi connectivity index (χ2v) is 8.31. The summed E-state index contributed by atoms with van der Waals surface area (Å²) in [5, 5.41) is 0. The molecule has 0 aliphatic carbocycles. The zero-order chi connectivity index (χ0) is 21.5. The van der Waals surface area contributed by atoms with Crippen molar-refractivity contribution in [3.8, 4) is 0 Å². The van der Waals surface area contributed by atoms with Crippen molar-refractivity contribution in [2.24, 2.45) is 0 Å². The molecule has 1 aliphatic rings. The van der Waals surface area contributed by atoms with Crippen molar-refractivity contribution >= 4 is 34.8 Å². The summed E-state index contributed by atoms with van der Waals surface area (Å²) >= 11 is 1.33. The van der Waals surface area contributed by atoms with Crippen LogP contribution in [0.2, 0.25) is 0 Å². The van der Waals surface area contributed by atoms with E-state index in [-0.39, 0.29) is 4.90 Å². The Labute approximate surface area is 173 Å². The van der Waals surface area contributed by atoms with Gasteiger partial charge < -0.3 is 9.47 Å². The van der Waals surface area contributed by atoms with Crippen LogP contribution in [0.4, 0.5) is 27.2 Å². The van der Waals surface area contributed by atoms with Crippen LogP contribution in [0.5, 0.6) is 0 Å². The van der Waals surface area contributed by atoms with Gasteiger partial charge in [0.2, 0.25) is 6.10 Å². The number of imide groups is 1. The number of nitrogens with zero attached hydrogens (tertiary/aromatic N) is 1. The van der Waals surface area contributed by atoms with Crippen molar-refractivity contribution in [2.75, 3.05) is 4.43 Å². The molecule has 5 nitrogen and oxygen atoms in total. The molecule has 1 aliphatic heterocycles. The summed E-state index contributed by atoms with van der Waals surface area (Å²) in [7, 11) is 0. The first-order valence-electron chi connectivity index (χ1n) is 8.32. The monoisotopic (exact) mass is 517 g/mol. The number of hydrogen-bond donors (Lipinski definition) is 0. The summed E-state index contributed by atoms with van der Waals surface area (Å²) in [4.78, 5) is 25.4. The molecule has 0 N–H and O–H groups in total. The molecule has 10 heteroatoms. The molecule has 156 valence electrons. The molecule has 0 radical (unpaired) electrons. The Morgan fingerprint density at radius 3 is 2.39 bits per heavy atom. The Bertz CT molecular complexity index is 770. The first-order valence-corrected chi connectivity index (χ1v) is 9.85. The largest absolute Gasteiger partial charge is 0.443 e. The van der Waals surface area contributed by atoms with E-state index in [0.29, 0.717) is 0 Å². The third-order valence-corrected chi connectivity index (χ3v) is 5.28. The minimum atomic E-state index is -3.73. The lowest BCUT2D eigenvalue weighted by Crippen LogP contribution is -2.68. The third kappa shape index (κ3) is 4.06. The van der Waals surface area contributed by atoms with Crippen LogP contribution in [0, 0.1) is 5.82 Å². The minimum absolute atomic E-state index is 0.223. The molecule has 1 aromatic carbocycles. The molecular weight excluding hydrogens is 497 g/mol. The molecule has 0 aromatic heterocycles. The van der Waals surface area contributed by atoms with E-state index in [1.54, 1.807) is 0 Å². The van der Waals surface area contributed by atoms with E-state index in [0.717, 1.165) is 19.1 Å². The van der Waals surface area contributed by atoms with Crippen LogP contribution in [0.15, 0.2) is 24.3 Å². The smallest absolute Gasteiger partial charge is 0.420 e. The summed E-state index contributed by atoms with van der Waals surface area (Å²) in [5.74, 6) is -4.70. The fraction of sp³-hybridized carbons (Fsp3) is 0.556. The second kappa shape index (κ2) is 7.68. The van der Waals surface area contributed by atoms with E-state index in [9.17, 15) is 22.8 Å². The van der Waals surface area contributed by atoms with E-state index >= 15 is 4.39 Å². The summed E-state index contributed by atoms with van der Waals surface area (Å²) in [5.41, 5.74) is -3.94. The number of cyclic esters (lactones) is 1. The standard InChI is InChI=1S/C18H20F4INO4/c1-16(2,3)28-15(26)24-14(25)27-13(18(21,22)9-23)12(20)17(24,4)10-7-5-6-8-11(10)19/h5-8,12-13H,9H2,1-4H3/t12-,13-,17+/m0/s1. The summed E-state index contributed by atoms with van der Waals surface area (Å²) < 4.78 is 67.4. The van der Waals surface area contributed by atoms with Crippen molar-refractivity contribution < 1.29 is 36.6 Å². The Morgan fingerprint density at radius 2 is 1.89 bits per heavy atom. The van der Waals surface area contributed by atoms with Crippen LogP contribution < -0.4 is 0 Å². The molecule has 1 aromatic rings. The van der Waals surface area contributed by atoms with Crippen LogP contribution in [0.3, 0.4) is 0 Å². The number of carbonyl (C=O) groups is 2. The van der Waals surface area contributed by atoms with Gasteiger partial charge in [-0.25, -0.2) is 27.2 Å². The van der Waals surface area contributed by atoms with Gasteiger partial charge in [-0.2, -0.15) is 4.90 Å². The number of ether oxygens (including phenoxy) is 2. The highest BCUT2D eigenvalue weighted by molar-refractivity contribution is 14.1. The topological polar surface area (TPSA) is 55.8 Å². The number of rotatable bonds is 3. The average Bonchev–Trinajstić information content (AvgIpc) is 2.56. The quantitative estimate of drug-likeness (QED) is 0.314. The Kier molecular flexibility index (Phi) is 6.22. The zero-order valence-corrected chi connectivity index (χ0v) is 17.8. The van der Waals surface area contributed by atoms with Crippen molar-refractivity contribution in [1.82, 2.24) is 4.90 Å². The SMILES string of the molecule is CC(C)(C)OC(=O)N1C(=O)O[C@H](C(F)(F)CI)[C@H](F)[C@@]1(C)c1ccccc1F. The number of alkyl halides is 4. The number of amides is 2. The van der Waals surface area contributed by atoms with E-state index < -0.39 is 57.3 Å². The molecule has 1 saturated heterocycles. The number of hydrogen-bond acceptors (Lipinski definition) is 4. The highest BCUT2D eigenvalue weighted by Gasteiger charge is 2.64. The minimum Gasteiger partial charge on any atom is -0.443 e. The summed E-state index contributed by atoms with van der Waals surface area (Å²) in [6.07, 6.45) is -8.00. The van der Waals surface area contributed by atoms with Gasteiger partial charge in [0.1, 0.15) is 17.0 Å². The number of halogens is 5. The van der Waals surface area contributed by atoms with E-state index in [4.69, 9.17) is 4.74 Å². The molecule has 0 saturated carbocycles. The maximum atomic E-state index is 15.5. The van der Waals surface area contributed by atoms with E-state index in [2.05, 4.69) is 4.74 Å². The number of carbonyl (C=O) groups excluding carboxylic acids is 2. The molecule has 0 unspecified atom stereocenters. The summed E-state index contributed by atoms with van der Waals surface area (Å²) in [6.45, 7) is 5.50. The first-order chi connectivity index (χ1) is 12.8. The lowest BCUT2D eigenvalue weighted by atomic mass is 9.80. The van der Waals surface area contributed by atoms with Gasteiger partial charge in [0, 0.05) is 5.56 Å². The van der Waals surface area contributed by atoms with Gasteiger partial charge in [-0.3, -0.25) is 0 Å². The molecule has 2 amide bonds. The summed E-state index contributed by atoms with van der Waals surface area (Å²) in [6, 6.07) is 4.75. The second-order valence-electron chi connectivity index (χ2n) is 7.54. The van der Waals surface area contributed by atoms with Gasteiger partial charge in [-0.1, -0.05) is 40.8 Å². The van der Waals surface area contributed by atoms with Gasteiger partial charge in [-0.05, 0) is 33.8 Å². The third-order valence-electron chi connectivity index (χ3n) is 4.27. The Morgan fingerprint density at radius 1 is 1.32 bits per heavy atom. The van der Waals surface area contributed by atoms with Crippen molar-refractivity contribution in [3.63, 3.8) is 0 Å². The van der Waals surface area contributed by atoms with Gasteiger partial charge in [0.15, 0.2) is 6.17 Å². The average molecular weight is 517 g/mol. The molecule has 1 fully saturated rings. The number of benzene rings is 1. The molecule has 2 rings (SSSR count). The highest BCUT2D eigenvalue weighted by Crippen LogP contribution is 2.46. The maximum Gasteiger partial charge on any atom is 0.420 e. The Balaban J connectivity index is 2.66. The van der Waals surface area contributed by atoms with Crippen LogP contribution in [0.25, 0.3) is 0 Å². The van der Waals surface area contributed by atoms with Crippen molar-refractivity contribution in [3.05, 3.63) is 35.6 Å². The van der Waals surface area contributed by atoms with Crippen molar-refractivity contribution in [2.45, 2.75) is 57.0 Å². The lowest BCUT2D eigenvalue weighted by molar-refractivity contribution is -0.179. The van der Waals surface area contributed by atoms with Crippen LogP contribution in [0.1, 0.15) is 33.3 Å². The van der Waals surface area contributed by atoms with Crippen LogP contribution >= 0.6 is 22.6 Å². The molecule has 0 spiro atoms. The maximum absolute atomic E-state index is 15.5. The molecule has 3 atom stereocenters. The van der Waals surface area contributed by atoms with Crippen LogP contribution in [-0.4, -0.2) is 45.3 Å². The molecule has 1 heterocycles. The van der Waals surface area contributed by atoms with Crippen molar-refractivity contribution in [1.29, 1.82) is 0 Å². The first kappa shape index (κ1) is 22.7. The van der Waals surface area contributed by atoms with Gasteiger partial charge in [0.05, 0.1) is 4.43 Å². The van der Waals surface area contributed by atoms with Gasteiger partial charge in [0.25, 0.3) is 5.92 Å². The predicted octanol–water partition coefficient (Wildman–Crippen LogP) is 5.21. The zero-order valence-electron chi connectivity index (χ0n) is 15.6. The molecular formula is C18H20F4INO4. The predicted molar refractivity (Wildman–Crippen MR) is 101 cm³/mol. The molecule has 0 bridgehead atoms. The molecule has 28 heavy (non-hydrogen) atoms.